The van der Waals surface area contributed by atoms with Crippen molar-refractivity contribution in [1.29, 1.82) is 0 Å². The highest BCUT2D eigenvalue weighted by Crippen LogP contribution is 2.37. The molecule has 1 aliphatic heterocycles. The topological polar surface area (TPSA) is 74.9 Å². The zero-order valence-electron chi connectivity index (χ0n) is 14.2. The molecule has 0 saturated carbocycles. The summed E-state index contributed by atoms with van der Waals surface area (Å²) in [6, 6.07) is 16.1. The van der Waals surface area contributed by atoms with Crippen LogP contribution in [0.3, 0.4) is 0 Å². The third-order valence-corrected chi connectivity index (χ3v) is 4.45. The first-order chi connectivity index (χ1) is 12.7. The fourth-order valence-electron chi connectivity index (χ4n) is 3.17. The molecule has 26 heavy (non-hydrogen) atoms. The van der Waals surface area contributed by atoms with Crippen molar-refractivity contribution in [2.75, 3.05) is 12.4 Å². The number of phenols is 1. The van der Waals surface area contributed by atoms with Crippen molar-refractivity contribution in [2.45, 2.75) is 12.7 Å². The van der Waals surface area contributed by atoms with Crippen molar-refractivity contribution in [3.8, 4) is 11.5 Å². The minimum absolute atomic E-state index is 0.0241. The molecule has 0 fully saturated rings. The second-order valence-corrected chi connectivity index (χ2v) is 6.04. The number of anilines is 1. The van der Waals surface area contributed by atoms with Crippen LogP contribution in [-0.4, -0.2) is 23.0 Å². The Balaban J connectivity index is 1.76. The fourth-order valence-corrected chi connectivity index (χ4v) is 3.17. The van der Waals surface area contributed by atoms with Crippen LogP contribution in [0.2, 0.25) is 0 Å². The van der Waals surface area contributed by atoms with Gasteiger partial charge in [0.05, 0.1) is 25.5 Å². The summed E-state index contributed by atoms with van der Waals surface area (Å²) >= 11 is 0. The van der Waals surface area contributed by atoms with E-state index in [2.05, 4.69) is 5.32 Å². The maximum atomic E-state index is 13.1. The molecule has 0 bridgehead atoms. The zero-order valence-corrected chi connectivity index (χ0v) is 14.2. The van der Waals surface area contributed by atoms with Crippen LogP contribution in [0, 0.1) is 0 Å². The second-order valence-electron chi connectivity index (χ2n) is 6.04. The smallest absolute Gasteiger partial charge is 0.258 e. The van der Waals surface area contributed by atoms with Crippen molar-refractivity contribution < 1.29 is 19.1 Å². The molecule has 6 heteroatoms. The number of furan rings is 1. The number of carbonyl (C=O) groups is 1. The van der Waals surface area contributed by atoms with Crippen LogP contribution in [0.5, 0.6) is 11.5 Å². The van der Waals surface area contributed by atoms with Crippen LogP contribution in [0.25, 0.3) is 0 Å². The number of hydrogen-bond donors (Lipinski definition) is 2. The molecule has 1 unspecified atom stereocenters. The number of nitrogens with zero attached hydrogens (tertiary/aromatic N) is 1. The van der Waals surface area contributed by atoms with Crippen LogP contribution in [-0.2, 0) is 6.54 Å². The first-order valence-electron chi connectivity index (χ1n) is 8.23. The summed E-state index contributed by atoms with van der Waals surface area (Å²) in [6.45, 7) is 0.310. The molecule has 4 rings (SSSR count). The molecule has 1 aromatic heterocycles. The molecule has 1 aliphatic rings. The van der Waals surface area contributed by atoms with E-state index < -0.39 is 6.17 Å². The number of carbonyl (C=O) groups excluding carboxylic acids is 1. The molecule has 1 amide bonds. The third-order valence-electron chi connectivity index (χ3n) is 4.45. The number of para-hydroxylation sites is 1. The van der Waals surface area contributed by atoms with Gasteiger partial charge in [-0.2, -0.15) is 0 Å². The average molecular weight is 350 g/mol. The number of hydrogen-bond acceptors (Lipinski definition) is 5. The van der Waals surface area contributed by atoms with E-state index in [4.69, 9.17) is 9.15 Å². The van der Waals surface area contributed by atoms with Crippen LogP contribution >= 0.6 is 0 Å². The number of phenolic OH excluding ortho intramolecular Hbond substituents is 1. The van der Waals surface area contributed by atoms with Gasteiger partial charge >= 0.3 is 0 Å². The minimum atomic E-state index is -0.445. The second kappa shape index (κ2) is 6.48. The summed E-state index contributed by atoms with van der Waals surface area (Å²) < 4.78 is 10.5. The van der Waals surface area contributed by atoms with Gasteiger partial charge in [-0.1, -0.05) is 18.2 Å². The van der Waals surface area contributed by atoms with Gasteiger partial charge in [-0.15, -0.1) is 0 Å². The molecule has 2 aromatic carbocycles. The Kier molecular flexibility index (Phi) is 4.01. The number of ether oxygens (including phenoxy) is 1. The lowest BCUT2D eigenvalue weighted by Crippen LogP contribution is -2.42. The Hall–Kier alpha value is -3.41. The zero-order chi connectivity index (χ0) is 18.1. The Morgan fingerprint density at radius 3 is 2.77 bits per heavy atom. The molecule has 3 aromatic rings. The molecule has 2 heterocycles. The van der Waals surface area contributed by atoms with Gasteiger partial charge in [0, 0.05) is 5.69 Å². The van der Waals surface area contributed by atoms with E-state index in [9.17, 15) is 9.90 Å². The van der Waals surface area contributed by atoms with Crippen LogP contribution in [0.15, 0.2) is 65.3 Å². The first-order valence-corrected chi connectivity index (χ1v) is 8.23. The molecular weight excluding hydrogens is 332 g/mol. The van der Waals surface area contributed by atoms with E-state index in [1.807, 2.05) is 30.3 Å². The normalized spacial score (nSPS) is 16.1. The quantitative estimate of drug-likeness (QED) is 0.749. The van der Waals surface area contributed by atoms with Gasteiger partial charge in [-0.25, -0.2) is 0 Å². The number of rotatable bonds is 4. The van der Waals surface area contributed by atoms with Gasteiger partial charge in [0.1, 0.15) is 11.9 Å². The van der Waals surface area contributed by atoms with E-state index in [0.29, 0.717) is 23.6 Å². The van der Waals surface area contributed by atoms with Crippen molar-refractivity contribution in [2.24, 2.45) is 0 Å². The van der Waals surface area contributed by atoms with E-state index in [-0.39, 0.29) is 11.7 Å². The lowest BCUT2D eigenvalue weighted by atomic mass is 10.0. The Morgan fingerprint density at radius 2 is 2.04 bits per heavy atom. The predicted octanol–water partition coefficient (Wildman–Crippen LogP) is 3.76. The Bertz CT molecular complexity index is 937. The maximum Gasteiger partial charge on any atom is 0.258 e. The summed E-state index contributed by atoms with van der Waals surface area (Å²) in [5.41, 5.74) is 2.11. The van der Waals surface area contributed by atoms with Gasteiger partial charge in [-0.3, -0.25) is 4.79 Å². The molecule has 2 N–H and O–H groups in total. The molecule has 0 radical (unpaired) electrons. The maximum absolute atomic E-state index is 13.1. The van der Waals surface area contributed by atoms with Gasteiger partial charge in [0.25, 0.3) is 5.91 Å². The van der Waals surface area contributed by atoms with Crippen LogP contribution in [0.1, 0.15) is 27.8 Å². The van der Waals surface area contributed by atoms with Gasteiger partial charge in [0.2, 0.25) is 0 Å². The van der Waals surface area contributed by atoms with Crippen molar-refractivity contribution in [3.63, 3.8) is 0 Å². The molecule has 0 aliphatic carbocycles. The number of nitrogens with one attached hydrogen (secondary N) is 1. The molecule has 6 nitrogen and oxygen atoms in total. The molecule has 132 valence electrons. The van der Waals surface area contributed by atoms with Crippen molar-refractivity contribution >= 4 is 11.6 Å². The third kappa shape index (κ3) is 2.75. The molecule has 1 atom stereocenters. The summed E-state index contributed by atoms with van der Waals surface area (Å²) in [7, 11) is 1.50. The Labute approximate surface area is 150 Å². The molecular formula is C20H18N2O4. The summed E-state index contributed by atoms with van der Waals surface area (Å²) in [5.74, 6) is 0.989. The number of methoxy groups -OCH3 is 1. The lowest BCUT2D eigenvalue weighted by Gasteiger charge is -2.37. The summed E-state index contributed by atoms with van der Waals surface area (Å²) in [4.78, 5) is 14.8. The fraction of sp³-hybridized carbons (Fsp3) is 0.150. The number of amides is 1. The highest BCUT2D eigenvalue weighted by molar-refractivity contribution is 6.01. The van der Waals surface area contributed by atoms with Gasteiger partial charge in [0.15, 0.2) is 11.5 Å². The molecule has 0 spiro atoms. The van der Waals surface area contributed by atoms with Gasteiger partial charge in [-0.05, 0) is 42.0 Å². The van der Waals surface area contributed by atoms with Crippen LogP contribution < -0.4 is 10.1 Å². The number of aromatic hydroxyl groups is 1. The van der Waals surface area contributed by atoms with E-state index in [1.54, 1.807) is 35.4 Å². The van der Waals surface area contributed by atoms with Crippen LogP contribution in [0.4, 0.5) is 5.69 Å². The lowest BCUT2D eigenvalue weighted by molar-refractivity contribution is 0.0651. The van der Waals surface area contributed by atoms with E-state index >= 15 is 0 Å². The number of benzene rings is 2. The Morgan fingerprint density at radius 1 is 1.19 bits per heavy atom. The largest absolute Gasteiger partial charge is 0.504 e. The summed E-state index contributed by atoms with van der Waals surface area (Å²) in [6.07, 6.45) is 1.14. The highest BCUT2D eigenvalue weighted by atomic mass is 16.5. The van der Waals surface area contributed by atoms with Crippen molar-refractivity contribution in [1.82, 2.24) is 4.90 Å². The summed E-state index contributed by atoms with van der Waals surface area (Å²) in [5, 5.41) is 13.5. The number of fused-ring (bicyclic) bond motifs is 1. The first kappa shape index (κ1) is 16.1. The average Bonchev–Trinajstić information content (AvgIpc) is 3.17. The standard InChI is InChI=1S/C20H18N2O4/c1-25-18-9-8-13(11-17(18)23)19-21-16-7-3-2-6-15(16)20(24)22(19)12-14-5-4-10-26-14/h2-11,19,21,23H,12H2,1H3. The monoisotopic (exact) mass is 350 g/mol. The highest BCUT2D eigenvalue weighted by Gasteiger charge is 2.33. The van der Waals surface area contributed by atoms with E-state index in [0.717, 1.165) is 11.3 Å². The SMILES string of the molecule is COc1ccc(C2Nc3ccccc3C(=O)N2Cc2ccco2)cc1O. The minimum Gasteiger partial charge on any atom is -0.504 e. The molecule has 0 saturated heterocycles. The van der Waals surface area contributed by atoms with Gasteiger partial charge < -0.3 is 24.5 Å². The predicted molar refractivity (Wildman–Crippen MR) is 96.0 cm³/mol. The van der Waals surface area contributed by atoms with Crippen molar-refractivity contribution in [3.05, 3.63) is 77.7 Å². The van der Waals surface area contributed by atoms with E-state index in [1.165, 1.54) is 7.11 Å².